The number of hydrogen-bond acceptors (Lipinski definition) is 11. The van der Waals surface area contributed by atoms with Gasteiger partial charge in [-0.05, 0) is 107 Å². The van der Waals surface area contributed by atoms with Crippen molar-refractivity contribution >= 4 is 52.3 Å². The van der Waals surface area contributed by atoms with Gasteiger partial charge in [-0.2, -0.15) is 18.3 Å². The summed E-state index contributed by atoms with van der Waals surface area (Å²) in [6.07, 6.45) is 6.80. The zero-order valence-corrected chi connectivity index (χ0v) is 38.7. The van der Waals surface area contributed by atoms with Gasteiger partial charge in [-0.25, -0.2) is 4.98 Å². The highest BCUT2D eigenvalue weighted by Gasteiger charge is 2.53. The number of hydrazone groups is 1. The molecule has 0 aliphatic carbocycles. The molecule has 2 spiro atoms. The number of aliphatic hydroxyl groups is 1. The summed E-state index contributed by atoms with van der Waals surface area (Å²) in [5.74, 6) is 6.42. The quantitative estimate of drug-likeness (QED) is 0.0804. The van der Waals surface area contributed by atoms with Gasteiger partial charge in [0.05, 0.1) is 40.4 Å². The lowest BCUT2D eigenvalue weighted by Crippen LogP contribution is -2.65. The van der Waals surface area contributed by atoms with E-state index in [2.05, 4.69) is 38.6 Å². The number of ether oxygens (including phenoxy) is 1. The molecule has 65 heavy (non-hydrogen) atoms. The molecule has 2 atom stereocenters. The van der Waals surface area contributed by atoms with Crippen LogP contribution in [0.4, 0.5) is 24.7 Å². The number of nitrogens with two attached hydrogens (primary N) is 1. The lowest BCUT2D eigenvalue weighted by molar-refractivity contribution is -0.143. The van der Waals surface area contributed by atoms with Gasteiger partial charge in [0.15, 0.2) is 17.1 Å². The van der Waals surface area contributed by atoms with Crippen molar-refractivity contribution in [3.8, 4) is 0 Å². The molecule has 1 aromatic carbocycles. The number of anilines is 2. The Morgan fingerprint density at radius 1 is 1.03 bits per heavy atom. The number of amides is 2. The number of benzene rings is 1. The Kier molecular flexibility index (Phi) is 13.7. The largest absolute Gasteiger partial charge is 0.479 e. The molecule has 8 rings (SSSR count). The van der Waals surface area contributed by atoms with Gasteiger partial charge in [0, 0.05) is 62.7 Å². The Labute approximate surface area is 384 Å². The maximum absolute atomic E-state index is 14.1. The van der Waals surface area contributed by atoms with Crippen LogP contribution in [0.2, 0.25) is 0 Å². The lowest BCUT2D eigenvalue weighted by Gasteiger charge is -2.53. The number of thiocarbonyl (C=S) groups is 1. The monoisotopic (exact) mass is 915 g/mol. The van der Waals surface area contributed by atoms with Crippen molar-refractivity contribution in [1.29, 1.82) is 0 Å². The van der Waals surface area contributed by atoms with Crippen molar-refractivity contribution in [2.75, 3.05) is 42.9 Å². The number of alkyl halides is 3. The smallest absolute Gasteiger partial charge is 0.431 e. The summed E-state index contributed by atoms with van der Waals surface area (Å²) in [7, 11) is 0. The third-order valence-corrected chi connectivity index (χ3v) is 13.8. The number of hydrogen-bond donors (Lipinski definition) is 4. The number of allylic oxidation sites excluding steroid dienone is 5. The number of nitrogens with zero attached hydrogens (tertiary/aromatic N) is 6. The van der Waals surface area contributed by atoms with E-state index >= 15 is 0 Å². The second-order valence-corrected chi connectivity index (χ2v) is 18.1. The number of piperidine rings is 2. The van der Waals surface area contributed by atoms with Crippen molar-refractivity contribution in [3.05, 3.63) is 107 Å². The lowest BCUT2D eigenvalue weighted by atomic mass is 9.78. The van der Waals surface area contributed by atoms with Gasteiger partial charge in [-0.3, -0.25) is 14.9 Å². The summed E-state index contributed by atoms with van der Waals surface area (Å²) in [4.78, 5) is 36.4. The van der Waals surface area contributed by atoms with Gasteiger partial charge >= 0.3 is 6.18 Å². The number of aromatic nitrogens is 2. The SMILES string of the molecule is CCC1NCC2N1c1ncccc1NC21CCN(C(=O)/C(C=S)=N/N)CC1.C\C=C/C=C1\C(=C(/C)CC)OC2(CCN(C(=O)c3ccc(C(C)(C)O)cc3)CC2)c2ccc(C(F)(F)F)n21. The van der Waals surface area contributed by atoms with Crippen LogP contribution in [0, 0.1) is 0 Å². The van der Waals surface area contributed by atoms with E-state index in [1.54, 1.807) is 66.1 Å². The average Bonchev–Trinajstić information content (AvgIpc) is 3.97. The topological polar surface area (TPSA) is 154 Å². The van der Waals surface area contributed by atoms with E-state index < -0.39 is 23.1 Å². The summed E-state index contributed by atoms with van der Waals surface area (Å²) in [6, 6.07) is 13.8. The molecule has 5 N–H and O–H groups in total. The number of halogens is 3. The van der Waals surface area contributed by atoms with E-state index in [4.69, 9.17) is 22.8 Å². The van der Waals surface area contributed by atoms with E-state index in [0.29, 0.717) is 79.8 Å². The normalized spacial score (nSPS) is 22.7. The predicted molar refractivity (Wildman–Crippen MR) is 251 cm³/mol. The molecule has 17 heteroatoms. The van der Waals surface area contributed by atoms with E-state index in [-0.39, 0.29) is 29.2 Å². The van der Waals surface area contributed by atoms with Crippen molar-refractivity contribution in [1.82, 2.24) is 24.7 Å². The molecular weight excluding hydrogens is 856 g/mol. The van der Waals surface area contributed by atoms with Crippen molar-refractivity contribution in [3.63, 3.8) is 0 Å². The highest BCUT2D eigenvalue weighted by atomic mass is 32.1. The molecule has 2 amide bonds. The summed E-state index contributed by atoms with van der Waals surface area (Å²) in [5, 5.41) is 22.4. The third-order valence-electron chi connectivity index (χ3n) is 13.5. The Morgan fingerprint density at radius 3 is 2.29 bits per heavy atom. The summed E-state index contributed by atoms with van der Waals surface area (Å²) < 4.78 is 50.3. The fraction of sp³-hybridized carbons (Fsp3) is 0.479. The summed E-state index contributed by atoms with van der Waals surface area (Å²) in [6.45, 7) is 14.1. The zero-order chi connectivity index (χ0) is 46.9. The highest BCUT2D eigenvalue weighted by molar-refractivity contribution is 7.80. The molecule has 0 saturated carbocycles. The van der Waals surface area contributed by atoms with Crippen LogP contribution in [0.15, 0.2) is 89.4 Å². The van der Waals surface area contributed by atoms with Crippen LogP contribution in [-0.4, -0.2) is 97.8 Å². The number of rotatable bonds is 7. The third kappa shape index (κ3) is 9.06. The van der Waals surface area contributed by atoms with Crippen molar-refractivity contribution in [2.24, 2.45) is 10.9 Å². The molecule has 5 aliphatic heterocycles. The molecule has 2 aromatic heterocycles. The van der Waals surface area contributed by atoms with Gasteiger partial charge in [0.2, 0.25) is 0 Å². The fourth-order valence-electron chi connectivity index (χ4n) is 9.79. The van der Waals surface area contributed by atoms with Crippen LogP contribution >= 0.6 is 12.2 Å². The minimum atomic E-state index is -4.54. The van der Waals surface area contributed by atoms with Crippen molar-refractivity contribution in [2.45, 2.75) is 115 Å². The standard InChI is InChI=1S/C30H35F3N2O3.C18H25N7OS/c1-6-8-9-23-26(20(3)7-2)38-29(24-14-15-25(35(23)24)30(31,32)33)16-18-34(19-17-29)27(36)21-10-12-22(13-11-21)28(4,5)37;1-2-15-21-10-14-18(22-12-4-3-7-20-16(12)25(14)15)5-8-24(9-6-18)17(26)13(11-27)23-19/h6,8-15,37H,7,16-19H2,1-5H3;3-4,7,11,14-15,21-22H,2,5-6,8-10,19H2,1H3/b8-6-,23-9+,26-20-;23-13+. The van der Waals surface area contributed by atoms with Crippen LogP contribution in [0.3, 0.4) is 0 Å². The number of likely N-dealkylation sites (tertiary alicyclic amines) is 2. The second kappa shape index (κ2) is 18.8. The minimum Gasteiger partial charge on any atom is -0.479 e. The Bertz CT molecular complexity index is 2390. The number of fused-ring (bicyclic) bond motifs is 6. The first-order chi connectivity index (χ1) is 31.0. The zero-order valence-electron chi connectivity index (χ0n) is 37.9. The Hall–Kier alpha value is -5.52. The van der Waals surface area contributed by atoms with Crippen LogP contribution in [0.25, 0.3) is 5.70 Å². The number of carbonyl (C=O) groups excluding carboxylic acids is 2. The molecule has 3 fully saturated rings. The first kappa shape index (κ1) is 47.4. The predicted octanol–water partition coefficient (Wildman–Crippen LogP) is 7.69. The molecule has 3 saturated heterocycles. The second-order valence-electron chi connectivity index (χ2n) is 17.8. The van der Waals surface area contributed by atoms with Gasteiger partial charge in [0.25, 0.3) is 11.8 Å². The average molecular weight is 916 g/mol. The Balaban J connectivity index is 0.000000205. The van der Waals surface area contributed by atoms with Crippen molar-refractivity contribution < 1.29 is 32.6 Å². The first-order valence-corrected chi connectivity index (χ1v) is 22.8. The van der Waals surface area contributed by atoms with Crippen LogP contribution in [-0.2, 0) is 26.9 Å². The highest BCUT2D eigenvalue weighted by Crippen LogP contribution is 2.50. The molecular formula is C48H60F3N9O4S. The molecule has 7 heterocycles. The molecule has 5 aliphatic rings. The van der Waals surface area contributed by atoms with E-state index in [1.165, 1.54) is 16.0 Å². The van der Waals surface area contributed by atoms with Gasteiger partial charge in [-0.1, -0.05) is 50.4 Å². The number of pyridine rings is 1. The fourth-order valence-corrected chi connectivity index (χ4v) is 9.95. The van der Waals surface area contributed by atoms with E-state index in [0.717, 1.165) is 49.0 Å². The van der Waals surface area contributed by atoms with Crippen LogP contribution in [0.5, 0.6) is 0 Å². The maximum atomic E-state index is 14.1. The first-order valence-electron chi connectivity index (χ1n) is 22.4. The molecule has 0 radical (unpaired) electrons. The molecule has 2 unspecified atom stereocenters. The molecule has 3 aromatic rings. The van der Waals surface area contributed by atoms with Crippen LogP contribution < -0.4 is 21.4 Å². The van der Waals surface area contributed by atoms with Gasteiger partial charge < -0.3 is 40.3 Å². The summed E-state index contributed by atoms with van der Waals surface area (Å²) >= 11 is 4.85. The number of nitrogens with one attached hydrogen (secondary N) is 2. The summed E-state index contributed by atoms with van der Waals surface area (Å²) in [5.41, 5.74) is 1.27. The molecule has 0 bridgehead atoms. The van der Waals surface area contributed by atoms with Gasteiger partial charge in [0.1, 0.15) is 11.5 Å². The maximum Gasteiger partial charge on any atom is 0.431 e. The molecule has 348 valence electrons. The van der Waals surface area contributed by atoms with Crippen LogP contribution in [0.1, 0.15) is 107 Å². The number of carbonyl (C=O) groups is 2. The van der Waals surface area contributed by atoms with E-state index in [1.807, 2.05) is 33.0 Å². The van der Waals surface area contributed by atoms with E-state index in [9.17, 15) is 27.9 Å². The van der Waals surface area contributed by atoms with Gasteiger partial charge in [-0.15, -0.1) is 0 Å². The minimum absolute atomic E-state index is 0.0958. The Morgan fingerprint density at radius 2 is 1.71 bits per heavy atom. The molecule has 13 nitrogen and oxygen atoms in total.